The molecular formula is C6H11ClO3. The minimum atomic E-state index is -2.00. The molecular weight excluding hydrogens is 156 g/mol. The van der Waals surface area contributed by atoms with Gasteiger partial charge in [-0.25, -0.2) is 0 Å². The van der Waals surface area contributed by atoms with Gasteiger partial charge in [0.2, 0.25) is 0 Å². The van der Waals surface area contributed by atoms with Crippen molar-refractivity contribution in [3.05, 3.63) is 0 Å². The smallest absolute Gasteiger partial charge is 0.285 e. The highest BCUT2D eigenvalue weighted by atomic mass is 35.6. The van der Waals surface area contributed by atoms with E-state index in [1.54, 1.807) is 0 Å². The van der Waals surface area contributed by atoms with Crippen LogP contribution >= 0.6 is 0 Å². The Morgan fingerprint density at radius 3 is 2.20 bits per heavy atom. The number of rotatable bonds is 2. The van der Waals surface area contributed by atoms with Crippen molar-refractivity contribution in [2.75, 3.05) is 0 Å². The number of hydrogen-bond acceptors (Lipinski definition) is 3. The van der Waals surface area contributed by atoms with Crippen molar-refractivity contribution in [3.8, 4) is 0 Å². The zero-order chi connectivity index (χ0) is 7.40. The molecule has 0 radical (unpaired) electrons. The standard InChI is InChI=1S/C6H11ClO3/c8-7(9)10-6-4-2-1-3-5-6/h6H,1-5H2. The van der Waals surface area contributed by atoms with Crippen LogP contribution in [0.4, 0.5) is 0 Å². The summed E-state index contributed by atoms with van der Waals surface area (Å²) in [5.41, 5.74) is 0. The summed E-state index contributed by atoms with van der Waals surface area (Å²) < 4.78 is 24.6. The number of hydrogen-bond donors (Lipinski definition) is 0. The fourth-order valence-corrected chi connectivity index (χ4v) is 1.64. The van der Waals surface area contributed by atoms with Crippen LogP contribution in [0.1, 0.15) is 32.1 Å². The Labute approximate surface area is 63.4 Å². The molecule has 0 aromatic heterocycles. The van der Waals surface area contributed by atoms with Gasteiger partial charge in [0.05, 0.1) is 0 Å². The second-order valence-electron chi connectivity index (χ2n) is 2.54. The topological polar surface area (TPSA) is 55.3 Å². The largest absolute Gasteiger partial charge is 0.320 e. The lowest BCUT2D eigenvalue weighted by Gasteiger charge is -2.14. The molecule has 1 saturated carbocycles. The Morgan fingerprint density at radius 1 is 1.10 bits per heavy atom. The van der Waals surface area contributed by atoms with Gasteiger partial charge in [0.15, 0.2) is 6.10 Å². The third-order valence-corrected chi connectivity index (χ3v) is 2.15. The fourth-order valence-electron chi connectivity index (χ4n) is 1.26. The van der Waals surface area contributed by atoms with E-state index in [9.17, 15) is 9.32 Å². The average molecular weight is 167 g/mol. The van der Waals surface area contributed by atoms with E-state index in [1.807, 2.05) is 0 Å². The van der Waals surface area contributed by atoms with Crippen LogP contribution in [0.25, 0.3) is 0 Å². The molecule has 0 heterocycles. The fraction of sp³-hybridized carbons (Fsp3) is 1.00. The number of halogens is 1. The molecule has 0 unspecified atom stereocenters. The third-order valence-electron chi connectivity index (χ3n) is 1.75. The lowest BCUT2D eigenvalue weighted by Crippen LogP contribution is -2.38. The molecule has 1 aliphatic rings. The zero-order valence-corrected chi connectivity index (χ0v) is 6.47. The van der Waals surface area contributed by atoms with E-state index in [0.717, 1.165) is 25.7 Å². The molecule has 1 fully saturated rings. The zero-order valence-electron chi connectivity index (χ0n) is 5.72. The first-order chi connectivity index (χ1) is 4.79. The predicted molar refractivity (Wildman–Crippen MR) is 28.0 cm³/mol. The lowest BCUT2D eigenvalue weighted by atomic mass is 9.98. The maximum atomic E-state index is 10.0. The van der Waals surface area contributed by atoms with Gasteiger partial charge in [-0.15, -0.1) is 0 Å². The van der Waals surface area contributed by atoms with Crippen LogP contribution in [0.5, 0.6) is 0 Å². The van der Waals surface area contributed by atoms with Crippen LogP contribution in [-0.2, 0) is 4.29 Å². The van der Waals surface area contributed by atoms with Crippen molar-refractivity contribution in [2.45, 2.75) is 38.2 Å². The summed E-state index contributed by atoms with van der Waals surface area (Å²) in [4.78, 5) is 0. The van der Waals surface area contributed by atoms with E-state index in [0.29, 0.717) is 0 Å². The Kier molecular flexibility index (Phi) is 3.42. The molecule has 0 bridgehead atoms. The first kappa shape index (κ1) is 8.27. The van der Waals surface area contributed by atoms with Gasteiger partial charge in [-0.2, -0.15) is 0 Å². The molecule has 0 atom stereocenters. The summed E-state index contributed by atoms with van der Waals surface area (Å²) in [6.07, 6.45) is 5.12. The summed E-state index contributed by atoms with van der Waals surface area (Å²) in [7, 11) is -2.00. The molecule has 1 aliphatic carbocycles. The average Bonchev–Trinajstić information content (AvgIpc) is 1.88. The summed E-state index contributed by atoms with van der Waals surface area (Å²) in [6.45, 7) is 0. The lowest BCUT2D eigenvalue weighted by molar-refractivity contribution is -1.63. The highest BCUT2D eigenvalue weighted by molar-refractivity contribution is 4.62. The molecule has 10 heavy (non-hydrogen) atoms. The van der Waals surface area contributed by atoms with Crippen LogP contribution < -0.4 is 9.32 Å². The van der Waals surface area contributed by atoms with Crippen LogP contribution in [0.15, 0.2) is 0 Å². The maximum absolute atomic E-state index is 10.0. The highest BCUT2D eigenvalue weighted by Crippen LogP contribution is 2.20. The predicted octanol–water partition coefficient (Wildman–Crippen LogP) is -0.578. The van der Waals surface area contributed by atoms with Gasteiger partial charge in [-0.05, 0) is 12.8 Å². The van der Waals surface area contributed by atoms with Crippen molar-refractivity contribution in [3.63, 3.8) is 0 Å². The summed E-state index contributed by atoms with van der Waals surface area (Å²) in [5, 5.41) is 0. The van der Waals surface area contributed by atoms with Crippen LogP contribution in [0.3, 0.4) is 0 Å². The monoisotopic (exact) mass is 166 g/mol. The van der Waals surface area contributed by atoms with E-state index in [2.05, 4.69) is 4.29 Å². The highest BCUT2D eigenvalue weighted by Gasteiger charge is 2.23. The Balaban J connectivity index is 2.13. The van der Waals surface area contributed by atoms with E-state index in [1.165, 1.54) is 6.42 Å². The molecule has 1 rings (SSSR count). The molecule has 0 aromatic rings. The first-order valence-corrected chi connectivity index (χ1v) is 4.44. The Morgan fingerprint density at radius 2 is 1.70 bits per heavy atom. The van der Waals surface area contributed by atoms with E-state index in [-0.39, 0.29) is 6.10 Å². The van der Waals surface area contributed by atoms with E-state index < -0.39 is 10.8 Å². The van der Waals surface area contributed by atoms with Gasteiger partial charge in [-0.1, -0.05) is 19.3 Å². The third kappa shape index (κ3) is 2.84. The second kappa shape index (κ2) is 4.13. The van der Waals surface area contributed by atoms with Gasteiger partial charge in [0.25, 0.3) is 10.8 Å². The molecule has 0 N–H and O–H groups in total. The van der Waals surface area contributed by atoms with Crippen molar-refractivity contribution >= 4 is 0 Å². The summed E-state index contributed by atoms with van der Waals surface area (Å²) in [6, 6.07) is 0. The molecule has 0 amide bonds. The van der Waals surface area contributed by atoms with Crippen LogP contribution in [-0.4, -0.2) is 6.10 Å². The minimum Gasteiger partial charge on any atom is -0.320 e. The molecule has 0 aliphatic heterocycles. The van der Waals surface area contributed by atoms with Gasteiger partial charge < -0.3 is 9.32 Å². The quantitative estimate of drug-likeness (QED) is 0.552. The van der Waals surface area contributed by atoms with Gasteiger partial charge in [0, 0.05) is 4.29 Å². The van der Waals surface area contributed by atoms with E-state index >= 15 is 0 Å². The van der Waals surface area contributed by atoms with Crippen LogP contribution in [0, 0.1) is 10.8 Å². The minimum absolute atomic E-state index is 0.0516. The van der Waals surface area contributed by atoms with Gasteiger partial charge >= 0.3 is 0 Å². The van der Waals surface area contributed by atoms with Crippen molar-refractivity contribution < 1.29 is 24.4 Å². The SMILES string of the molecule is [O-][Cl+2]([O-])OC1CCCCC1. The molecule has 60 valence electrons. The van der Waals surface area contributed by atoms with Gasteiger partial charge in [-0.3, -0.25) is 0 Å². The maximum Gasteiger partial charge on any atom is 0.285 e. The molecule has 4 heteroatoms. The normalized spacial score (nSPS) is 21.9. The Hall–Kier alpha value is 0.170. The molecule has 0 aromatic carbocycles. The molecule has 0 saturated heterocycles. The Bertz CT molecular complexity index is 91.0. The summed E-state index contributed by atoms with van der Waals surface area (Å²) in [5.74, 6) is 0. The van der Waals surface area contributed by atoms with Crippen LogP contribution in [0.2, 0.25) is 0 Å². The van der Waals surface area contributed by atoms with Crippen molar-refractivity contribution in [2.24, 2.45) is 0 Å². The van der Waals surface area contributed by atoms with Gasteiger partial charge in [0.1, 0.15) is 0 Å². The first-order valence-electron chi connectivity index (χ1n) is 3.52. The summed E-state index contributed by atoms with van der Waals surface area (Å²) >= 11 is 0. The van der Waals surface area contributed by atoms with Crippen molar-refractivity contribution in [1.29, 1.82) is 0 Å². The van der Waals surface area contributed by atoms with E-state index in [4.69, 9.17) is 0 Å². The molecule has 3 nitrogen and oxygen atoms in total. The van der Waals surface area contributed by atoms with Crippen molar-refractivity contribution in [1.82, 2.24) is 0 Å². The molecule has 0 spiro atoms. The second-order valence-corrected chi connectivity index (χ2v) is 3.09.